The quantitative estimate of drug-likeness (QED) is 0.830. The number of rotatable bonds is 5. The lowest BCUT2D eigenvalue weighted by Crippen LogP contribution is -2.32. The van der Waals surface area contributed by atoms with Gasteiger partial charge in [0.1, 0.15) is 0 Å². The van der Waals surface area contributed by atoms with E-state index >= 15 is 0 Å². The minimum Gasteiger partial charge on any atom is -0.328 e. The lowest BCUT2D eigenvalue weighted by atomic mass is 10.1. The first-order valence-corrected chi connectivity index (χ1v) is 6.28. The molecule has 1 rings (SSSR count). The Morgan fingerprint density at radius 1 is 1.35 bits per heavy atom. The molecule has 0 heterocycles. The van der Waals surface area contributed by atoms with E-state index in [9.17, 15) is 4.79 Å². The van der Waals surface area contributed by atoms with E-state index in [0.29, 0.717) is 0 Å². The van der Waals surface area contributed by atoms with Crippen molar-refractivity contribution in [3.63, 3.8) is 0 Å². The fourth-order valence-electron chi connectivity index (χ4n) is 1.58. The van der Waals surface area contributed by atoms with Crippen LogP contribution in [0.15, 0.2) is 24.3 Å². The fourth-order valence-corrected chi connectivity index (χ4v) is 1.58. The Morgan fingerprint density at radius 2 is 2.12 bits per heavy atom. The van der Waals surface area contributed by atoms with Crippen molar-refractivity contribution in [1.82, 2.24) is 4.90 Å². The number of unbranched alkanes of at least 4 members (excludes halogenated alkanes) is 1. The summed E-state index contributed by atoms with van der Waals surface area (Å²) < 4.78 is 0. The lowest BCUT2D eigenvalue weighted by Gasteiger charge is -2.17. The number of hydrogen-bond acceptors (Lipinski definition) is 1. The van der Waals surface area contributed by atoms with E-state index in [0.717, 1.165) is 31.5 Å². The molecular formula is C14H22N2O. The molecule has 17 heavy (non-hydrogen) atoms. The summed E-state index contributed by atoms with van der Waals surface area (Å²) in [5, 5.41) is 2.91. The fraction of sp³-hybridized carbons (Fsp3) is 0.500. The summed E-state index contributed by atoms with van der Waals surface area (Å²) in [6, 6.07) is 7.94. The first kappa shape index (κ1) is 13.6. The van der Waals surface area contributed by atoms with Gasteiger partial charge < -0.3 is 10.2 Å². The molecule has 3 nitrogen and oxygen atoms in total. The molecule has 0 aliphatic carbocycles. The summed E-state index contributed by atoms with van der Waals surface area (Å²) in [6.45, 7) is 5.03. The lowest BCUT2D eigenvalue weighted by molar-refractivity contribution is 0.222. The minimum absolute atomic E-state index is 0.0355. The molecule has 0 saturated heterocycles. The molecule has 0 aromatic heterocycles. The Kier molecular flexibility index (Phi) is 5.53. The SMILES string of the molecule is CCCCN(C)C(=O)Nc1cccc(CC)c1. The van der Waals surface area contributed by atoms with Gasteiger partial charge >= 0.3 is 6.03 Å². The maximum Gasteiger partial charge on any atom is 0.321 e. The molecule has 0 saturated carbocycles. The third kappa shape index (κ3) is 4.47. The van der Waals surface area contributed by atoms with Crippen LogP contribution in [-0.4, -0.2) is 24.5 Å². The molecule has 94 valence electrons. The molecule has 3 heteroatoms. The second-order valence-corrected chi connectivity index (χ2v) is 4.26. The number of carbonyl (C=O) groups is 1. The molecule has 0 aliphatic heterocycles. The summed E-state index contributed by atoms with van der Waals surface area (Å²) in [5.41, 5.74) is 2.11. The largest absolute Gasteiger partial charge is 0.328 e. The van der Waals surface area contributed by atoms with Crippen LogP contribution in [0.4, 0.5) is 10.5 Å². The van der Waals surface area contributed by atoms with Crippen molar-refractivity contribution in [3.05, 3.63) is 29.8 Å². The van der Waals surface area contributed by atoms with Crippen molar-refractivity contribution in [1.29, 1.82) is 0 Å². The molecule has 0 atom stereocenters. The Labute approximate surface area is 104 Å². The molecule has 1 aromatic carbocycles. The van der Waals surface area contributed by atoms with Gasteiger partial charge in [-0.3, -0.25) is 0 Å². The zero-order valence-electron chi connectivity index (χ0n) is 11.0. The van der Waals surface area contributed by atoms with Crippen molar-refractivity contribution in [3.8, 4) is 0 Å². The highest BCUT2D eigenvalue weighted by molar-refractivity contribution is 5.89. The standard InChI is InChI=1S/C14H22N2O/c1-4-6-10-16(3)14(17)15-13-9-7-8-12(5-2)11-13/h7-9,11H,4-6,10H2,1-3H3,(H,15,17). The van der Waals surface area contributed by atoms with Crippen LogP contribution >= 0.6 is 0 Å². The van der Waals surface area contributed by atoms with Crippen molar-refractivity contribution in [2.45, 2.75) is 33.1 Å². The molecule has 0 radical (unpaired) electrons. The van der Waals surface area contributed by atoms with Gasteiger partial charge in [0.2, 0.25) is 0 Å². The predicted molar refractivity (Wildman–Crippen MR) is 72.4 cm³/mol. The van der Waals surface area contributed by atoms with Gasteiger partial charge in [-0.05, 0) is 30.5 Å². The molecule has 0 unspecified atom stereocenters. The maximum atomic E-state index is 11.8. The second kappa shape index (κ2) is 6.94. The number of aryl methyl sites for hydroxylation is 1. The zero-order chi connectivity index (χ0) is 12.7. The van der Waals surface area contributed by atoms with E-state index in [1.807, 2.05) is 25.2 Å². The smallest absolute Gasteiger partial charge is 0.321 e. The normalized spacial score (nSPS) is 10.1. The average Bonchev–Trinajstić information content (AvgIpc) is 2.36. The van der Waals surface area contributed by atoms with E-state index in [1.165, 1.54) is 5.56 Å². The highest BCUT2D eigenvalue weighted by atomic mass is 16.2. The number of urea groups is 1. The number of hydrogen-bond donors (Lipinski definition) is 1. The van der Waals surface area contributed by atoms with Crippen LogP contribution in [0.1, 0.15) is 32.3 Å². The van der Waals surface area contributed by atoms with E-state index in [4.69, 9.17) is 0 Å². The molecule has 0 fully saturated rings. The number of benzene rings is 1. The third-order valence-electron chi connectivity index (χ3n) is 2.78. The van der Waals surface area contributed by atoms with Crippen molar-refractivity contribution in [2.75, 3.05) is 18.9 Å². The number of amides is 2. The van der Waals surface area contributed by atoms with E-state index in [2.05, 4.69) is 25.2 Å². The Morgan fingerprint density at radius 3 is 2.76 bits per heavy atom. The van der Waals surface area contributed by atoms with Gasteiger partial charge in [-0.15, -0.1) is 0 Å². The molecule has 1 aromatic rings. The van der Waals surface area contributed by atoms with Crippen LogP contribution in [0.5, 0.6) is 0 Å². The number of nitrogens with one attached hydrogen (secondary N) is 1. The summed E-state index contributed by atoms with van der Waals surface area (Å²) in [6.07, 6.45) is 3.12. The summed E-state index contributed by atoms with van der Waals surface area (Å²) in [7, 11) is 1.83. The molecule has 2 amide bonds. The van der Waals surface area contributed by atoms with Gasteiger partial charge in [-0.2, -0.15) is 0 Å². The Hall–Kier alpha value is -1.51. The molecule has 0 spiro atoms. The third-order valence-corrected chi connectivity index (χ3v) is 2.78. The molecule has 1 N–H and O–H groups in total. The van der Waals surface area contributed by atoms with Crippen LogP contribution in [0.2, 0.25) is 0 Å². The van der Waals surface area contributed by atoms with Crippen molar-refractivity contribution in [2.24, 2.45) is 0 Å². The van der Waals surface area contributed by atoms with Gasteiger partial charge in [0, 0.05) is 19.3 Å². The maximum absolute atomic E-state index is 11.8. The first-order valence-electron chi connectivity index (χ1n) is 6.28. The van der Waals surface area contributed by atoms with E-state index < -0.39 is 0 Å². The van der Waals surface area contributed by atoms with Crippen LogP contribution in [0.3, 0.4) is 0 Å². The first-order chi connectivity index (χ1) is 8.17. The van der Waals surface area contributed by atoms with Crippen LogP contribution in [-0.2, 0) is 6.42 Å². The predicted octanol–water partition coefficient (Wildman–Crippen LogP) is 3.51. The number of anilines is 1. The average molecular weight is 234 g/mol. The van der Waals surface area contributed by atoms with Gasteiger partial charge in [0.05, 0.1) is 0 Å². The van der Waals surface area contributed by atoms with Gasteiger partial charge in [-0.25, -0.2) is 4.79 Å². The van der Waals surface area contributed by atoms with Crippen LogP contribution in [0, 0.1) is 0 Å². The molecular weight excluding hydrogens is 212 g/mol. The van der Waals surface area contributed by atoms with Crippen LogP contribution in [0.25, 0.3) is 0 Å². The number of nitrogens with zero attached hydrogens (tertiary/aromatic N) is 1. The Bertz CT molecular complexity index is 363. The Balaban J connectivity index is 2.54. The van der Waals surface area contributed by atoms with Gasteiger partial charge in [0.15, 0.2) is 0 Å². The topological polar surface area (TPSA) is 32.3 Å². The van der Waals surface area contributed by atoms with Gasteiger partial charge in [0.25, 0.3) is 0 Å². The highest BCUT2D eigenvalue weighted by Crippen LogP contribution is 2.11. The second-order valence-electron chi connectivity index (χ2n) is 4.26. The highest BCUT2D eigenvalue weighted by Gasteiger charge is 2.07. The van der Waals surface area contributed by atoms with Crippen molar-refractivity contribution < 1.29 is 4.79 Å². The summed E-state index contributed by atoms with van der Waals surface area (Å²) >= 11 is 0. The van der Waals surface area contributed by atoms with E-state index in [1.54, 1.807) is 4.90 Å². The summed E-state index contributed by atoms with van der Waals surface area (Å²) in [5.74, 6) is 0. The monoisotopic (exact) mass is 234 g/mol. The van der Waals surface area contributed by atoms with Crippen LogP contribution < -0.4 is 5.32 Å². The molecule has 0 bridgehead atoms. The zero-order valence-corrected chi connectivity index (χ0v) is 11.0. The van der Waals surface area contributed by atoms with Crippen molar-refractivity contribution >= 4 is 11.7 Å². The number of carbonyl (C=O) groups excluding carboxylic acids is 1. The van der Waals surface area contributed by atoms with E-state index in [-0.39, 0.29) is 6.03 Å². The molecule has 0 aliphatic rings. The summed E-state index contributed by atoms with van der Waals surface area (Å²) in [4.78, 5) is 13.6. The van der Waals surface area contributed by atoms with Gasteiger partial charge in [-0.1, -0.05) is 32.4 Å². The minimum atomic E-state index is -0.0355.